The third-order valence-corrected chi connectivity index (χ3v) is 3.29. The molecule has 0 spiro atoms. The highest BCUT2D eigenvalue weighted by Crippen LogP contribution is 2.21. The topological polar surface area (TPSA) is 0 Å². The minimum absolute atomic E-state index is 0.976. The molecule has 0 amide bonds. The van der Waals surface area contributed by atoms with E-state index in [1.54, 1.807) is 0 Å². The second kappa shape index (κ2) is 12.1. The van der Waals surface area contributed by atoms with Crippen LogP contribution in [-0.4, -0.2) is 0 Å². The molecule has 0 heterocycles. The van der Waals surface area contributed by atoms with Crippen molar-refractivity contribution in [2.75, 3.05) is 0 Å². The maximum Gasteiger partial charge on any atom is -0.0414 e. The molecule has 15 heavy (non-hydrogen) atoms. The lowest BCUT2D eigenvalue weighted by Gasteiger charge is -2.15. The normalized spacial score (nSPS) is 13.0. The lowest BCUT2D eigenvalue weighted by atomic mass is 9.91. The Kier molecular flexibility index (Phi) is 12.1. The molecule has 0 aliphatic carbocycles. The van der Waals surface area contributed by atoms with E-state index in [2.05, 4.69) is 20.8 Å². The zero-order valence-electron chi connectivity index (χ0n) is 11.1. The summed E-state index contributed by atoms with van der Waals surface area (Å²) in [5.41, 5.74) is 0. The molecule has 0 saturated carbocycles. The predicted molar refractivity (Wildman–Crippen MR) is 71.0 cm³/mol. The van der Waals surface area contributed by atoms with E-state index in [0.717, 1.165) is 12.3 Å². The summed E-state index contributed by atoms with van der Waals surface area (Å²) in [5.74, 6) is 0.976. The molecule has 0 rings (SSSR count). The van der Waals surface area contributed by atoms with Gasteiger partial charge in [-0.05, 0) is 5.92 Å². The maximum atomic E-state index is 3.99. The highest BCUT2D eigenvalue weighted by molar-refractivity contribution is 4.61. The fourth-order valence-corrected chi connectivity index (χ4v) is 2.25. The van der Waals surface area contributed by atoms with Crippen LogP contribution >= 0.6 is 0 Å². The molecule has 1 unspecified atom stereocenters. The van der Waals surface area contributed by atoms with E-state index in [4.69, 9.17) is 0 Å². The quantitative estimate of drug-likeness (QED) is 0.381. The number of hydrogen-bond acceptors (Lipinski definition) is 0. The van der Waals surface area contributed by atoms with Crippen LogP contribution in [0.1, 0.15) is 84.5 Å². The molecular formula is C15H31. The lowest BCUT2D eigenvalue weighted by Crippen LogP contribution is -2.00. The highest BCUT2D eigenvalue weighted by Gasteiger charge is 2.06. The summed E-state index contributed by atoms with van der Waals surface area (Å²) in [4.78, 5) is 0. The van der Waals surface area contributed by atoms with Crippen LogP contribution < -0.4 is 0 Å². The number of rotatable bonds is 11. The summed E-state index contributed by atoms with van der Waals surface area (Å²) < 4.78 is 0. The molecule has 1 radical (unpaired) electrons. The zero-order valence-corrected chi connectivity index (χ0v) is 11.1. The Morgan fingerprint density at radius 3 is 1.93 bits per heavy atom. The minimum atomic E-state index is 0.976. The van der Waals surface area contributed by atoms with Crippen LogP contribution in [0.5, 0.6) is 0 Å². The maximum absolute atomic E-state index is 3.99. The molecular weight excluding hydrogens is 180 g/mol. The van der Waals surface area contributed by atoms with Gasteiger partial charge in [-0.25, -0.2) is 0 Å². The Morgan fingerprint density at radius 1 is 0.733 bits per heavy atom. The van der Waals surface area contributed by atoms with Crippen LogP contribution in [0.4, 0.5) is 0 Å². The molecule has 91 valence electrons. The molecule has 1 atom stereocenters. The van der Waals surface area contributed by atoms with E-state index in [-0.39, 0.29) is 0 Å². The van der Waals surface area contributed by atoms with Gasteiger partial charge < -0.3 is 0 Å². The first kappa shape index (κ1) is 15.0. The Balaban J connectivity index is 3.38. The Hall–Kier alpha value is 0. The number of hydrogen-bond donors (Lipinski definition) is 0. The molecule has 0 aromatic rings. The predicted octanol–water partition coefficient (Wildman–Crippen LogP) is 5.77. The highest BCUT2D eigenvalue weighted by atomic mass is 14.1. The molecule has 0 aromatic carbocycles. The van der Waals surface area contributed by atoms with Gasteiger partial charge in [0.05, 0.1) is 0 Å². The monoisotopic (exact) mass is 211 g/mol. The largest absolute Gasteiger partial charge is 0.0654 e. The van der Waals surface area contributed by atoms with Gasteiger partial charge in [-0.1, -0.05) is 91.4 Å². The average Bonchev–Trinajstić information content (AvgIpc) is 2.25. The van der Waals surface area contributed by atoms with Gasteiger partial charge in [-0.3, -0.25) is 0 Å². The van der Waals surface area contributed by atoms with Gasteiger partial charge in [0.15, 0.2) is 0 Å². The van der Waals surface area contributed by atoms with Crippen molar-refractivity contribution in [3.05, 3.63) is 6.92 Å². The summed E-state index contributed by atoms with van der Waals surface area (Å²) in [7, 11) is 0. The van der Waals surface area contributed by atoms with E-state index in [9.17, 15) is 0 Å². The third kappa shape index (κ3) is 10.3. The summed E-state index contributed by atoms with van der Waals surface area (Å²) >= 11 is 0. The first-order valence-corrected chi connectivity index (χ1v) is 7.14. The first-order chi connectivity index (χ1) is 7.35. The fraction of sp³-hybridized carbons (Fsp3) is 0.933. The SMILES string of the molecule is [CH2]CCC(CCCC)CCCCCCC. The smallest absolute Gasteiger partial charge is 0.0414 e. The van der Waals surface area contributed by atoms with E-state index in [1.165, 1.54) is 64.2 Å². The van der Waals surface area contributed by atoms with Gasteiger partial charge in [-0.2, -0.15) is 0 Å². The average molecular weight is 211 g/mol. The Bertz CT molecular complexity index is 107. The van der Waals surface area contributed by atoms with E-state index >= 15 is 0 Å². The van der Waals surface area contributed by atoms with Gasteiger partial charge in [0.1, 0.15) is 0 Å². The molecule has 0 aliphatic heterocycles. The van der Waals surface area contributed by atoms with E-state index < -0.39 is 0 Å². The van der Waals surface area contributed by atoms with Crippen molar-refractivity contribution in [3.8, 4) is 0 Å². The standard InChI is InChI=1S/C15H31/c1-4-7-9-10-11-14-15(12-6-3)13-8-5-2/h15H,3-14H2,1-2H3. The van der Waals surface area contributed by atoms with Crippen LogP contribution in [0.3, 0.4) is 0 Å². The zero-order chi connectivity index (χ0) is 11.4. The first-order valence-electron chi connectivity index (χ1n) is 7.14. The van der Waals surface area contributed by atoms with E-state index in [0.29, 0.717) is 0 Å². The van der Waals surface area contributed by atoms with Crippen molar-refractivity contribution in [1.82, 2.24) is 0 Å². The molecule has 0 fully saturated rings. The second-order valence-electron chi connectivity index (χ2n) is 4.85. The summed E-state index contributed by atoms with van der Waals surface area (Å²) in [6.45, 7) is 8.57. The van der Waals surface area contributed by atoms with Gasteiger partial charge >= 0.3 is 0 Å². The molecule has 0 N–H and O–H groups in total. The Morgan fingerprint density at radius 2 is 1.33 bits per heavy atom. The molecule has 0 nitrogen and oxygen atoms in total. The molecule has 0 bridgehead atoms. The van der Waals surface area contributed by atoms with Gasteiger partial charge in [0.2, 0.25) is 0 Å². The van der Waals surface area contributed by atoms with Crippen molar-refractivity contribution in [2.24, 2.45) is 5.92 Å². The Labute approximate surface area is 97.8 Å². The van der Waals surface area contributed by atoms with E-state index in [1.807, 2.05) is 0 Å². The van der Waals surface area contributed by atoms with Crippen LogP contribution in [-0.2, 0) is 0 Å². The van der Waals surface area contributed by atoms with Gasteiger partial charge in [0.25, 0.3) is 0 Å². The van der Waals surface area contributed by atoms with Crippen molar-refractivity contribution in [3.63, 3.8) is 0 Å². The molecule has 0 saturated heterocycles. The van der Waals surface area contributed by atoms with Crippen LogP contribution in [0, 0.1) is 12.8 Å². The van der Waals surface area contributed by atoms with Gasteiger partial charge in [0, 0.05) is 0 Å². The third-order valence-electron chi connectivity index (χ3n) is 3.29. The van der Waals surface area contributed by atoms with Crippen LogP contribution in [0.2, 0.25) is 0 Å². The lowest BCUT2D eigenvalue weighted by molar-refractivity contribution is 0.389. The molecule has 0 heteroatoms. The minimum Gasteiger partial charge on any atom is -0.0654 e. The van der Waals surface area contributed by atoms with Crippen molar-refractivity contribution in [2.45, 2.75) is 84.5 Å². The number of unbranched alkanes of at least 4 members (excludes halogenated alkanes) is 5. The van der Waals surface area contributed by atoms with Crippen molar-refractivity contribution in [1.29, 1.82) is 0 Å². The van der Waals surface area contributed by atoms with Crippen LogP contribution in [0.15, 0.2) is 0 Å². The summed E-state index contributed by atoms with van der Waals surface area (Å²) in [5, 5.41) is 0. The van der Waals surface area contributed by atoms with Crippen molar-refractivity contribution < 1.29 is 0 Å². The summed E-state index contributed by atoms with van der Waals surface area (Å²) in [6.07, 6.45) is 15.3. The van der Waals surface area contributed by atoms with Crippen LogP contribution in [0.25, 0.3) is 0 Å². The molecule has 0 aromatic heterocycles. The second-order valence-corrected chi connectivity index (χ2v) is 4.85. The molecule has 0 aliphatic rings. The van der Waals surface area contributed by atoms with Crippen molar-refractivity contribution >= 4 is 0 Å². The van der Waals surface area contributed by atoms with Gasteiger partial charge in [-0.15, -0.1) is 0 Å². The fourth-order valence-electron chi connectivity index (χ4n) is 2.25. The summed E-state index contributed by atoms with van der Waals surface area (Å²) in [6, 6.07) is 0.